The zero-order chi connectivity index (χ0) is 11.8. The largest absolute Gasteiger partial charge is 0.392 e. The summed E-state index contributed by atoms with van der Waals surface area (Å²) in [6.45, 7) is 2.04. The van der Waals surface area contributed by atoms with Crippen LogP contribution in [0.4, 0.5) is 0 Å². The van der Waals surface area contributed by atoms with Crippen LogP contribution in [0.5, 0.6) is 0 Å². The molecule has 0 spiro atoms. The van der Waals surface area contributed by atoms with E-state index < -0.39 is 0 Å². The zero-order valence-corrected chi connectivity index (χ0v) is 9.29. The van der Waals surface area contributed by atoms with Crippen molar-refractivity contribution in [3.63, 3.8) is 0 Å². The third-order valence-corrected chi connectivity index (χ3v) is 2.03. The highest BCUT2D eigenvalue weighted by Gasteiger charge is 1.95. The van der Waals surface area contributed by atoms with Crippen molar-refractivity contribution in [1.82, 2.24) is 5.32 Å². The van der Waals surface area contributed by atoms with Crippen LogP contribution in [-0.4, -0.2) is 17.6 Å². The van der Waals surface area contributed by atoms with Crippen LogP contribution in [0, 0.1) is 11.8 Å². The van der Waals surface area contributed by atoms with E-state index >= 15 is 0 Å². The molecule has 1 aromatic carbocycles. The van der Waals surface area contributed by atoms with Gasteiger partial charge >= 0.3 is 0 Å². The Balaban J connectivity index is 2.52. The molecule has 1 aromatic rings. The van der Waals surface area contributed by atoms with Crippen molar-refractivity contribution in [2.24, 2.45) is 0 Å². The minimum atomic E-state index is -0.0439. The second-order valence-electron chi connectivity index (χ2n) is 3.35. The van der Waals surface area contributed by atoms with Crippen molar-refractivity contribution in [1.29, 1.82) is 0 Å². The van der Waals surface area contributed by atoms with Crippen LogP contribution in [0.2, 0.25) is 0 Å². The van der Waals surface area contributed by atoms with E-state index in [4.69, 9.17) is 5.11 Å². The second kappa shape index (κ2) is 6.65. The normalized spacial score (nSPS) is 9.12. The van der Waals surface area contributed by atoms with E-state index in [2.05, 4.69) is 17.2 Å². The highest BCUT2D eigenvalue weighted by Crippen LogP contribution is 2.06. The summed E-state index contributed by atoms with van der Waals surface area (Å²) in [4.78, 5) is 10.6. The maximum Gasteiger partial charge on any atom is 0.216 e. The van der Waals surface area contributed by atoms with E-state index in [0.29, 0.717) is 13.0 Å². The number of aliphatic hydroxyl groups excluding tert-OH is 1. The number of hydrogen-bond donors (Lipinski definition) is 2. The fraction of sp³-hybridized carbons (Fsp3) is 0.308. The molecular weight excluding hydrogens is 202 g/mol. The second-order valence-corrected chi connectivity index (χ2v) is 3.35. The molecule has 0 fully saturated rings. The Hall–Kier alpha value is -1.79. The molecule has 0 saturated carbocycles. The van der Waals surface area contributed by atoms with Gasteiger partial charge in [-0.2, -0.15) is 0 Å². The number of nitrogens with one attached hydrogen (secondary N) is 1. The highest BCUT2D eigenvalue weighted by molar-refractivity contribution is 5.72. The highest BCUT2D eigenvalue weighted by atomic mass is 16.3. The summed E-state index contributed by atoms with van der Waals surface area (Å²) in [5.41, 5.74) is 1.67. The first-order valence-corrected chi connectivity index (χ1v) is 5.16. The van der Waals surface area contributed by atoms with Crippen LogP contribution >= 0.6 is 0 Å². The number of carbonyl (C=O) groups excluding carboxylic acids is 1. The summed E-state index contributed by atoms with van der Waals surface area (Å²) in [5.74, 6) is 5.89. The molecule has 0 radical (unpaired) electrons. The summed E-state index contributed by atoms with van der Waals surface area (Å²) < 4.78 is 0. The smallest absolute Gasteiger partial charge is 0.216 e. The summed E-state index contributed by atoms with van der Waals surface area (Å²) in [5, 5.41) is 11.7. The van der Waals surface area contributed by atoms with Crippen molar-refractivity contribution in [3.8, 4) is 11.8 Å². The molecule has 0 aliphatic carbocycles. The van der Waals surface area contributed by atoms with Gasteiger partial charge in [-0.15, -0.1) is 0 Å². The molecule has 3 nitrogen and oxygen atoms in total. The van der Waals surface area contributed by atoms with Gasteiger partial charge in [0.1, 0.15) is 0 Å². The van der Waals surface area contributed by atoms with Crippen molar-refractivity contribution in [3.05, 3.63) is 35.4 Å². The van der Waals surface area contributed by atoms with Crippen molar-refractivity contribution in [2.75, 3.05) is 6.54 Å². The third kappa shape index (κ3) is 4.16. The van der Waals surface area contributed by atoms with Crippen LogP contribution in [0.15, 0.2) is 24.3 Å². The molecule has 0 aliphatic heterocycles. The summed E-state index contributed by atoms with van der Waals surface area (Å²) >= 11 is 0. The molecule has 2 N–H and O–H groups in total. The molecule has 16 heavy (non-hydrogen) atoms. The minimum absolute atomic E-state index is 0.00342. The monoisotopic (exact) mass is 217 g/mol. The molecule has 1 rings (SSSR count). The number of rotatable bonds is 3. The molecule has 0 aliphatic rings. The molecule has 84 valence electrons. The molecule has 1 amide bonds. The first-order valence-electron chi connectivity index (χ1n) is 5.16. The Bertz CT molecular complexity index is 415. The Kier molecular flexibility index (Phi) is 5.10. The van der Waals surface area contributed by atoms with Gasteiger partial charge in [0, 0.05) is 25.5 Å². The standard InChI is InChI=1S/C13H15NO2/c1-11(16)14-9-5-4-7-12-6-2-3-8-13(12)10-15/h2-3,6,8,15H,5,9-10H2,1H3,(H,14,16). The van der Waals surface area contributed by atoms with Crippen molar-refractivity contribution >= 4 is 5.91 Å². The lowest BCUT2D eigenvalue weighted by Crippen LogP contribution is -2.20. The summed E-state index contributed by atoms with van der Waals surface area (Å²) in [6, 6.07) is 7.47. The lowest BCUT2D eigenvalue weighted by atomic mass is 10.1. The number of benzene rings is 1. The van der Waals surface area contributed by atoms with E-state index in [1.165, 1.54) is 6.92 Å². The van der Waals surface area contributed by atoms with E-state index in [1.54, 1.807) is 0 Å². The molecule has 0 saturated heterocycles. The van der Waals surface area contributed by atoms with Crippen LogP contribution < -0.4 is 5.32 Å². The maximum absolute atomic E-state index is 10.6. The number of aliphatic hydroxyl groups is 1. The Morgan fingerprint density at radius 2 is 2.19 bits per heavy atom. The summed E-state index contributed by atoms with van der Waals surface area (Å²) in [6.07, 6.45) is 0.610. The van der Waals surface area contributed by atoms with Crippen LogP contribution in [0.1, 0.15) is 24.5 Å². The molecule has 0 aromatic heterocycles. The van der Waals surface area contributed by atoms with Gasteiger partial charge in [-0.05, 0) is 11.6 Å². The lowest BCUT2D eigenvalue weighted by Gasteiger charge is -1.98. The number of carbonyl (C=O) groups is 1. The molecule has 0 atom stereocenters. The third-order valence-electron chi connectivity index (χ3n) is 2.03. The fourth-order valence-electron chi connectivity index (χ4n) is 1.24. The maximum atomic E-state index is 10.6. The Morgan fingerprint density at radius 1 is 1.44 bits per heavy atom. The van der Waals surface area contributed by atoms with Crippen LogP contribution in [0.3, 0.4) is 0 Å². The van der Waals surface area contributed by atoms with Gasteiger partial charge in [-0.3, -0.25) is 4.79 Å². The van der Waals surface area contributed by atoms with Crippen molar-refractivity contribution in [2.45, 2.75) is 20.0 Å². The van der Waals surface area contributed by atoms with Gasteiger partial charge in [0.15, 0.2) is 0 Å². The number of hydrogen-bond acceptors (Lipinski definition) is 2. The number of amides is 1. The van der Waals surface area contributed by atoms with Gasteiger partial charge in [0.2, 0.25) is 5.91 Å². The first kappa shape index (κ1) is 12.3. The molecule has 0 unspecified atom stereocenters. The lowest BCUT2D eigenvalue weighted by molar-refractivity contribution is -0.118. The van der Waals surface area contributed by atoms with Crippen molar-refractivity contribution < 1.29 is 9.90 Å². The van der Waals surface area contributed by atoms with Gasteiger partial charge in [0.25, 0.3) is 0 Å². The quantitative estimate of drug-likeness (QED) is 0.587. The van der Waals surface area contributed by atoms with E-state index in [9.17, 15) is 4.79 Å². The van der Waals surface area contributed by atoms with Gasteiger partial charge < -0.3 is 10.4 Å². The predicted octanol–water partition coefficient (Wildman–Crippen LogP) is 1.06. The fourth-order valence-corrected chi connectivity index (χ4v) is 1.24. The molecule has 3 heteroatoms. The SMILES string of the molecule is CC(=O)NCCC#Cc1ccccc1CO. The molecule has 0 bridgehead atoms. The van der Waals surface area contributed by atoms with Crippen LogP contribution in [0.25, 0.3) is 0 Å². The van der Waals surface area contributed by atoms with Gasteiger partial charge in [0.05, 0.1) is 6.61 Å². The minimum Gasteiger partial charge on any atom is -0.392 e. The molecule has 0 heterocycles. The zero-order valence-electron chi connectivity index (χ0n) is 9.29. The Morgan fingerprint density at radius 3 is 2.88 bits per heavy atom. The Labute approximate surface area is 95.5 Å². The van der Waals surface area contributed by atoms with E-state index in [0.717, 1.165) is 11.1 Å². The predicted molar refractivity (Wildman–Crippen MR) is 62.5 cm³/mol. The van der Waals surface area contributed by atoms with Gasteiger partial charge in [-0.25, -0.2) is 0 Å². The first-order chi connectivity index (χ1) is 7.74. The topological polar surface area (TPSA) is 49.3 Å². The average molecular weight is 217 g/mol. The van der Waals surface area contributed by atoms with Gasteiger partial charge in [-0.1, -0.05) is 30.0 Å². The van der Waals surface area contributed by atoms with E-state index in [-0.39, 0.29) is 12.5 Å². The van der Waals surface area contributed by atoms with E-state index in [1.807, 2.05) is 24.3 Å². The average Bonchev–Trinajstić information content (AvgIpc) is 2.29. The van der Waals surface area contributed by atoms with Crippen LogP contribution in [-0.2, 0) is 11.4 Å². The summed E-state index contributed by atoms with van der Waals surface area (Å²) in [7, 11) is 0. The molecular formula is C13H15NO2.